The van der Waals surface area contributed by atoms with Crippen LogP contribution in [0.2, 0.25) is 0 Å². The first kappa shape index (κ1) is 10.1. The fraction of sp³-hybridized carbons (Fsp3) is 0.154. The molecule has 76 valence electrons. The van der Waals surface area contributed by atoms with Crippen LogP contribution in [0.1, 0.15) is 18.4 Å². The van der Waals surface area contributed by atoms with E-state index in [-0.39, 0.29) is 0 Å². The van der Waals surface area contributed by atoms with E-state index in [4.69, 9.17) is 12.2 Å². The van der Waals surface area contributed by atoms with Crippen LogP contribution in [0.25, 0.3) is 10.9 Å². The number of fused-ring (bicyclic) bond motifs is 1. The first-order chi connectivity index (χ1) is 7.24. The number of allylic oxidation sites excluding steroid dienone is 1. The Hall–Kier alpha value is -1.41. The number of para-hydroxylation sites is 1. The van der Waals surface area contributed by atoms with E-state index in [0.29, 0.717) is 5.92 Å². The molecule has 0 aliphatic rings. The fourth-order valence-corrected chi connectivity index (χ4v) is 2.07. The van der Waals surface area contributed by atoms with Crippen LogP contribution in [0.15, 0.2) is 43.1 Å². The van der Waals surface area contributed by atoms with Gasteiger partial charge in [-0.05, 0) is 11.6 Å². The second kappa shape index (κ2) is 3.99. The molecule has 15 heavy (non-hydrogen) atoms. The maximum Gasteiger partial charge on any atom is 0.0522 e. The van der Waals surface area contributed by atoms with Gasteiger partial charge in [0.15, 0.2) is 0 Å². The third-order valence-corrected chi connectivity index (χ3v) is 3.12. The summed E-state index contributed by atoms with van der Waals surface area (Å²) in [4.78, 5) is 3.26. The summed E-state index contributed by atoms with van der Waals surface area (Å²) in [6.45, 7) is 5.90. The quantitative estimate of drug-likeness (QED) is 0.586. The lowest BCUT2D eigenvalue weighted by atomic mass is 10.0. The van der Waals surface area contributed by atoms with Crippen molar-refractivity contribution in [2.24, 2.45) is 0 Å². The lowest BCUT2D eigenvalue weighted by Gasteiger charge is -2.08. The number of benzene rings is 1. The zero-order chi connectivity index (χ0) is 10.8. The maximum absolute atomic E-state index is 5.47. The summed E-state index contributed by atoms with van der Waals surface area (Å²) in [5.74, 6) is 0.290. The minimum atomic E-state index is 0.290. The Balaban J connectivity index is 2.76. The molecular weight excluding hydrogens is 202 g/mol. The van der Waals surface area contributed by atoms with Crippen molar-refractivity contribution in [2.75, 3.05) is 0 Å². The molecule has 0 aliphatic heterocycles. The molecule has 1 nitrogen and oxygen atoms in total. The molecule has 1 heterocycles. The van der Waals surface area contributed by atoms with E-state index in [1.54, 1.807) is 0 Å². The number of pyridine rings is 1. The Morgan fingerprint density at radius 3 is 2.87 bits per heavy atom. The molecule has 1 unspecified atom stereocenters. The molecule has 0 saturated carbocycles. The van der Waals surface area contributed by atoms with Crippen molar-refractivity contribution in [1.29, 1.82) is 0 Å². The van der Waals surface area contributed by atoms with Crippen LogP contribution in [0, 0.1) is 4.51 Å². The van der Waals surface area contributed by atoms with Crippen molar-refractivity contribution in [2.45, 2.75) is 12.8 Å². The molecule has 1 aromatic heterocycles. The van der Waals surface area contributed by atoms with E-state index < -0.39 is 0 Å². The van der Waals surface area contributed by atoms with Crippen LogP contribution in [0.5, 0.6) is 0 Å². The minimum absolute atomic E-state index is 0.290. The third-order valence-electron chi connectivity index (χ3n) is 2.66. The second-order valence-electron chi connectivity index (χ2n) is 3.64. The summed E-state index contributed by atoms with van der Waals surface area (Å²) >= 11 is 5.47. The van der Waals surface area contributed by atoms with Gasteiger partial charge in [0.05, 0.1) is 4.51 Å². The van der Waals surface area contributed by atoms with E-state index in [2.05, 4.69) is 18.5 Å². The molecule has 0 radical (unpaired) electrons. The van der Waals surface area contributed by atoms with Gasteiger partial charge in [-0.25, -0.2) is 0 Å². The van der Waals surface area contributed by atoms with Crippen molar-refractivity contribution < 1.29 is 0 Å². The Kier molecular flexibility index (Phi) is 2.69. The Morgan fingerprint density at radius 1 is 1.40 bits per heavy atom. The topological polar surface area (TPSA) is 15.8 Å². The van der Waals surface area contributed by atoms with E-state index in [0.717, 1.165) is 21.0 Å². The molecule has 2 heteroatoms. The van der Waals surface area contributed by atoms with Crippen molar-refractivity contribution in [1.82, 2.24) is 4.98 Å². The molecule has 2 rings (SSSR count). The molecule has 2 aromatic rings. The van der Waals surface area contributed by atoms with Gasteiger partial charge < -0.3 is 4.98 Å². The van der Waals surface area contributed by atoms with Gasteiger partial charge in [-0.15, -0.1) is 6.58 Å². The van der Waals surface area contributed by atoms with Crippen LogP contribution < -0.4 is 0 Å². The number of rotatable bonds is 2. The molecule has 1 aromatic carbocycles. The summed E-state index contributed by atoms with van der Waals surface area (Å²) < 4.78 is 0.928. The predicted molar refractivity (Wildman–Crippen MR) is 67.7 cm³/mol. The Bertz CT molecular complexity index is 554. The van der Waals surface area contributed by atoms with E-state index >= 15 is 0 Å². The number of aromatic amines is 1. The van der Waals surface area contributed by atoms with Crippen LogP contribution in [0.4, 0.5) is 0 Å². The second-order valence-corrected chi connectivity index (χ2v) is 4.05. The van der Waals surface area contributed by atoms with Gasteiger partial charge in [-0.2, -0.15) is 0 Å². The molecule has 0 spiro atoms. The Morgan fingerprint density at radius 2 is 2.13 bits per heavy atom. The van der Waals surface area contributed by atoms with Crippen LogP contribution in [0.3, 0.4) is 0 Å². The van der Waals surface area contributed by atoms with Gasteiger partial charge in [0, 0.05) is 23.0 Å². The molecular formula is C13H13NS. The molecule has 1 N–H and O–H groups in total. The molecule has 0 aliphatic carbocycles. The number of H-pyrrole nitrogens is 1. The summed E-state index contributed by atoms with van der Waals surface area (Å²) in [6, 6.07) is 8.10. The monoisotopic (exact) mass is 215 g/mol. The lowest BCUT2D eigenvalue weighted by Crippen LogP contribution is -1.92. The molecule has 0 saturated heterocycles. The highest BCUT2D eigenvalue weighted by Crippen LogP contribution is 2.22. The first-order valence-electron chi connectivity index (χ1n) is 4.97. The van der Waals surface area contributed by atoms with Crippen molar-refractivity contribution in [3.63, 3.8) is 0 Å². The smallest absolute Gasteiger partial charge is 0.0522 e. The van der Waals surface area contributed by atoms with Gasteiger partial charge in [0.1, 0.15) is 0 Å². The Labute approximate surface area is 94.5 Å². The number of aromatic nitrogens is 1. The predicted octanol–water partition coefficient (Wildman–Crippen LogP) is 4.19. The molecule has 0 fully saturated rings. The van der Waals surface area contributed by atoms with Gasteiger partial charge >= 0.3 is 0 Å². The average Bonchev–Trinajstić information content (AvgIpc) is 2.29. The minimum Gasteiger partial charge on any atom is -0.361 e. The summed E-state index contributed by atoms with van der Waals surface area (Å²) in [5.41, 5.74) is 2.22. The standard InChI is InChI=1S/C13H13NS/c1-3-9(2)11-8-14-12-7-5-4-6-10(12)13(11)15/h3-9H,1H2,2H3,(H,14,15). The molecule has 1 atom stereocenters. The van der Waals surface area contributed by atoms with E-state index in [9.17, 15) is 0 Å². The molecule has 0 bridgehead atoms. The summed E-state index contributed by atoms with van der Waals surface area (Å²) in [6.07, 6.45) is 3.89. The zero-order valence-corrected chi connectivity index (χ0v) is 9.47. The first-order valence-corrected chi connectivity index (χ1v) is 5.37. The van der Waals surface area contributed by atoms with Crippen molar-refractivity contribution in [3.05, 3.63) is 53.2 Å². The highest BCUT2D eigenvalue weighted by atomic mass is 32.1. The van der Waals surface area contributed by atoms with Crippen molar-refractivity contribution in [3.8, 4) is 0 Å². The number of hydrogen-bond acceptors (Lipinski definition) is 1. The summed E-state index contributed by atoms with van der Waals surface area (Å²) in [5, 5.41) is 1.11. The van der Waals surface area contributed by atoms with Crippen LogP contribution in [-0.4, -0.2) is 4.98 Å². The summed E-state index contributed by atoms with van der Waals surface area (Å²) in [7, 11) is 0. The highest BCUT2D eigenvalue weighted by molar-refractivity contribution is 7.71. The normalized spacial score (nSPS) is 12.6. The van der Waals surface area contributed by atoms with Gasteiger partial charge in [-0.1, -0.05) is 43.4 Å². The van der Waals surface area contributed by atoms with Crippen LogP contribution in [-0.2, 0) is 0 Å². The highest BCUT2D eigenvalue weighted by Gasteiger charge is 2.05. The SMILES string of the molecule is C=CC(C)c1c[nH]c2ccccc2c1=S. The molecule has 0 amide bonds. The zero-order valence-electron chi connectivity index (χ0n) is 8.66. The van der Waals surface area contributed by atoms with Gasteiger partial charge in [-0.3, -0.25) is 0 Å². The largest absolute Gasteiger partial charge is 0.361 e. The number of nitrogens with one attached hydrogen (secondary N) is 1. The third kappa shape index (κ3) is 1.73. The van der Waals surface area contributed by atoms with Gasteiger partial charge in [0.25, 0.3) is 0 Å². The van der Waals surface area contributed by atoms with E-state index in [1.165, 1.54) is 0 Å². The van der Waals surface area contributed by atoms with Crippen molar-refractivity contribution >= 4 is 23.1 Å². The maximum atomic E-state index is 5.47. The number of hydrogen-bond donors (Lipinski definition) is 1. The average molecular weight is 215 g/mol. The fourth-order valence-electron chi connectivity index (χ4n) is 1.65. The van der Waals surface area contributed by atoms with E-state index in [1.807, 2.05) is 36.5 Å². The van der Waals surface area contributed by atoms with Crippen LogP contribution >= 0.6 is 12.2 Å². The van der Waals surface area contributed by atoms with Gasteiger partial charge in [0.2, 0.25) is 0 Å². The lowest BCUT2D eigenvalue weighted by molar-refractivity contribution is 0.959.